The number of H-pyrrole nitrogens is 1. The third-order valence-corrected chi connectivity index (χ3v) is 6.02. The Morgan fingerprint density at radius 2 is 2.11 bits per heavy atom. The Bertz CT molecular complexity index is 920. The molecule has 1 fully saturated rings. The second-order valence-corrected chi connectivity index (χ2v) is 7.97. The predicted molar refractivity (Wildman–Crippen MR) is 100 cm³/mol. The largest absolute Gasteiger partial charge is 0.469 e. The summed E-state index contributed by atoms with van der Waals surface area (Å²) in [5.41, 5.74) is -0.0299. The topological polar surface area (TPSA) is 103 Å². The number of nitrogens with one attached hydrogen (secondary N) is 2. The van der Waals surface area contributed by atoms with Gasteiger partial charge in [-0.25, -0.2) is 9.78 Å². The van der Waals surface area contributed by atoms with Crippen LogP contribution in [0.1, 0.15) is 40.8 Å². The van der Waals surface area contributed by atoms with Crippen LogP contribution in [0.5, 0.6) is 0 Å². The highest BCUT2D eigenvalue weighted by atomic mass is 32.1. The molecule has 8 nitrogen and oxygen atoms in total. The molecular formula is C18H24N3O5S+. The lowest BCUT2D eigenvalue weighted by Gasteiger charge is -2.27. The third kappa shape index (κ3) is 4.19. The number of carbonyl (C=O) groups excluding carboxylic acids is 2. The first-order valence-corrected chi connectivity index (χ1v) is 9.77. The first-order valence-electron chi connectivity index (χ1n) is 8.96. The Labute approximate surface area is 160 Å². The van der Waals surface area contributed by atoms with E-state index in [0.717, 1.165) is 30.8 Å². The lowest BCUT2D eigenvalue weighted by Crippen LogP contribution is -3.12. The maximum absolute atomic E-state index is 12.7. The maximum Gasteiger partial charge on any atom is 0.348 e. The van der Waals surface area contributed by atoms with Crippen LogP contribution in [0.15, 0.2) is 4.79 Å². The molecule has 1 saturated heterocycles. The molecule has 146 valence electrons. The highest BCUT2D eigenvalue weighted by molar-refractivity contribution is 7.20. The number of carbonyl (C=O) groups is 2. The van der Waals surface area contributed by atoms with Crippen LogP contribution in [0.3, 0.4) is 0 Å². The number of piperidine rings is 1. The van der Waals surface area contributed by atoms with Gasteiger partial charge in [-0.2, -0.15) is 0 Å². The van der Waals surface area contributed by atoms with Crippen molar-refractivity contribution in [2.45, 2.75) is 32.7 Å². The van der Waals surface area contributed by atoms with Crippen LogP contribution < -0.4 is 10.5 Å². The van der Waals surface area contributed by atoms with Gasteiger partial charge < -0.3 is 19.4 Å². The van der Waals surface area contributed by atoms with E-state index < -0.39 is 11.9 Å². The number of hydrogen-bond acceptors (Lipinski definition) is 7. The monoisotopic (exact) mass is 394 g/mol. The van der Waals surface area contributed by atoms with Crippen LogP contribution >= 0.6 is 11.3 Å². The Hall–Kier alpha value is -2.26. The number of aromatic amines is 1. The number of thiophene rings is 1. The summed E-state index contributed by atoms with van der Waals surface area (Å²) in [7, 11) is 2.52. The van der Waals surface area contributed by atoms with E-state index >= 15 is 0 Å². The Balaban J connectivity index is 2.00. The van der Waals surface area contributed by atoms with Crippen LogP contribution in [-0.4, -0.2) is 49.2 Å². The molecule has 3 heterocycles. The zero-order valence-electron chi connectivity index (χ0n) is 15.7. The fraction of sp³-hybridized carbons (Fsp3) is 0.556. The summed E-state index contributed by atoms with van der Waals surface area (Å²) in [5, 5.41) is 0.261. The molecule has 0 bridgehead atoms. The fourth-order valence-corrected chi connectivity index (χ4v) is 4.76. The lowest BCUT2D eigenvalue weighted by atomic mass is 10.0. The molecule has 2 aromatic rings. The average Bonchev–Trinajstić information content (AvgIpc) is 2.99. The molecule has 27 heavy (non-hydrogen) atoms. The van der Waals surface area contributed by atoms with E-state index in [0.29, 0.717) is 28.7 Å². The highest BCUT2D eigenvalue weighted by Gasteiger charge is 2.26. The normalized spacial score (nSPS) is 19.8. The van der Waals surface area contributed by atoms with Gasteiger partial charge in [0.1, 0.15) is 16.3 Å². The minimum atomic E-state index is -0.590. The van der Waals surface area contributed by atoms with Crippen molar-refractivity contribution in [2.24, 2.45) is 5.92 Å². The summed E-state index contributed by atoms with van der Waals surface area (Å²) in [5.74, 6) is 0.130. The molecule has 1 unspecified atom stereocenters. The fourth-order valence-electron chi connectivity index (χ4n) is 3.63. The van der Waals surface area contributed by atoms with E-state index in [9.17, 15) is 14.4 Å². The molecule has 2 atom stereocenters. The molecule has 2 aromatic heterocycles. The first kappa shape index (κ1) is 19.5. The number of esters is 2. The van der Waals surface area contributed by atoms with E-state index in [1.165, 1.54) is 25.5 Å². The van der Waals surface area contributed by atoms with Crippen molar-refractivity contribution in [3.8, 4) is 0 Å². The molecule has 0 aliphatic carbocycles. The number of quaternary nitrogens is 1. The molecule has 3 rings (SSSR count). The lowest BCUT2D eigenvalue weighted by molar-refractivity contribution is -0.922. The number of nitrogens with zero attached hydrogens (tertiary/aromatic N) is 1. The van der Waals surface area contributed by atoms with Gasteiger partial charge >= 0.3 is 11.9 Å². The first-order chi connectivity index (χ1) is 12.9. The average molecular weight is 394 g/mol. The van der Waals surface area contributed by atoms with Crippen molar-refractivity contribution >= 4 is 33.5 Å². The summed E-state index contributed by atoms with van der Waals surface area (Å²) in [6, 6.07) is 0. The number of likely N-dealkylation sites (tertiary alicyclic amines) is 1. The Kier molecular flexibility index (Phi) is 5.91. The summed E-state index contributed by atoms with van der Waals surface area (Å²) >= 11 is 1.08. The van der Waals surface area contributed by atoms with Crippen molar-refractivity contribution in [3.05, 3.63) is 26.6 Å². The molecular weight excluding hydrogens is 370 g/mol. The van der Waals surface area contributed by atoms with Gasteiger partial charge in [0.15, 0.2) is 5.82 Å². The standard InChI is InChI=1S/C18H23N3O5S/c1-10-5-4-6-21(8-10)9-12-19-16(23)14-11(7-13(22)25-2)15(18(24)26-3)27-17(14)20-12/h10H,4-9H2,1-3H3,(H,19,20,23)/p+1/t10-/m0/s1. The highest BCUT2D eigenvalue weighted by Crippen LogP contribution is 2.29. The number of fused-ring (bicyclic) bond motifs is 1. The third-order valence-electron chi connectivity index (χ3n) is 4.91. The Morgan fingerprint density at radius 1 is 1.33 bits per heavy atom. The van der Waals surface area contributed by atoms with Crippen LogP contribution in [0.25, 0.3) is 10.2 Å². The minimum absolute atomic E-state index is 0.181. The van der Waals surface area contributed by atoms with Crippen molar-refractivity contribution in [2.75, 3.05) is 27.3 Å². The van der Waals surface area contributed by atoms with Gasteiger partial charge in [-0.3, -0.25) is 9.59 Å². The number of methoxy groups -OCH3 is 2. The van der Waals surface area contributed by atoms with Crippen LogP contribution in [-0.2, 0) is 27.2 Å². The second kappa shape index (κ2) is 8.18. The van der Waals surface area contributed by atoms with Crippen molar-refractivity contribution in [1.82, 2.24) is 9.97 Å². The van der Waals surface area contributed by atoms with Gasteiger partial charge in [-0.1, -0.05) is 6.92 Å². The van der Waals surface area contributed by atoms with E-state index in [1.54, 1.807) is 0 Å². The molecule has 0 saturated carbocycles. The number of aromatic nitrogens is 2. The summed E-state index contributed by atoms with van der Waals surface area (Å²) < 4.78 is 9.49. The Morgan fingerprint density at radius 3 is 2.78 bits per heavy atom. The van der Waals surface area contributed by atoms with Crippen LogP contribution in [0.4, 0.5) is 0 Å². The number of rotatable bonds is 5. The van der Waals surface area contributed by atoms with Gasteiger partial charge in [0, 0.05) is 11.5 Å². The minimum Gasteiger partial charge on any atom is -0.469 e. The molecule has 2 N–H and O–H groups in total. The summed E-state index contributed by atoms with van der Waals surface area (Å²) in [4.78, 5) is 46.0. The van der Waals surface area contributed by atoms with Gasteiger partial charge in [-0.05, 0) is 12.8 Å². The van der Waals surface area contributed by atoms with Gasteiger partial charge in [0.2, 0.25) is 0 Å². The molecule has 1 aliphatic heterocycles. The summed E-state index contributed by atoms with van der Waals surface area (Å²) in [6.45, 7) is 4.97. The van der Waals surface area contributed by atoms with E-state index in [-0.39, 0.29) is 22.2 Å². The molecule has 1 aliphatic rings. The quantitative estimate of drug-likeness (QED) is 0.707. The van der Waals surface area contributed by atoms with Crippen LogP contribution in [0.2, 0.25) is 0 Å². The predicted octanol–water partition coefficient (Wildman–Crippen LogP) is 0.302. The van der Waals surface area contributed by atoms with Crippen molar-refractivity contribution in [1.29, 1.82) is 0 Å². The zero-order chi connectivity index (χ0) is 19.6. The van der Waals surface area contributed by atoms with Gasteiger partial charge in [-0.15, -0.1) is 11.3 Å². The summed E-state index contributed by atoms with van der Waals surface area (Å²) in [6.07, 6.45) is 2.22. The number of hydrogen-bond donors (Lipinski definition) is 2. The molecule has 0 spiro atoms. The molecule has 0 aromatic carbocycles. The van der Waals surface area contributed by atoms with Gasteiger partial charge in [0.25, 0.3) is 5.56 Å². The molecule has 9 heteroatoms. The second-order valence-electron chi connectivity index (χ2n) is 6.98. The van der Waals surface area contributed by atoms with E-state index in [4.69, 9.17) is 9.47 Å². The van der Waals surface area contributed by atoms with Crippen LogP contribution in [0, 0.1) is 5.92 Å². The van der Waals surface area contributed by atoms with Crippen molar-refractivity contribution in [3.63, 3.8) is 0 Å². The molecule has 0 radical (unpaired) electrons. The molecule has 0 amide bonds. The smallest absolute Gasteiger partial charge is 0.348 e. The van der Waals surface area contributed by atoms with E-state index in [2.05, 4.69) is 16.9 Å². The van der Waals surface area contributed by atoms with Crippen molar-refractivity contribution < 1.29 is 24.0 Å². The zero-order valence-corrected chi connectivity index (χ0v) is 16.5. The maximum atomic E-state index is 12.7. The van der Waals surface area contributed by atoms with E-state index in [1.807, 2.05) is 0 Å². The SMILES string of the molecule is COC(=O)Cc1c(C(=O)OC)sc2nc(C[NH+]3CCC[C@H](C)C3)[nH]c(=O)c12. The number of ether oxygens (including phenoxy) is 2. The van der Waals surface area contributed by atoms with Gasteiger partial charge in [0.05, 0.1) is 39.1 Å².